The van der Waals surface area contributed by atoms with Crippen LogP contribution in [0, 0.1) is 0 Å². The fourth-order valence-corrected chi connectivity index (χ4v) is 2.63. The first-order valence-electron chi connectivity index (χ1n) is 9.51. The van der Waals surface area contributed by atoms with Crippen molar-refractivity contribution < 1.29 is 14.3 Å². The summed E-state index contributed by atoms with van der Waals surface area (Å²) in [5, 5.41) is 9.41. The molecule has 0 fully saturated rings. The minimum absolute atomic E-state index is 0.0203. The maximum atomic E-state index is 11.9. The first kappa shape index (κ1) is 22.4. The minimum Gasteiger partial charge on any atom is -0.493 e. The first-order chi connectivity index (χ1) is 12.6. The van der Waals surface area contributed by atoms with Crippen molar-refractivity contribution in [3.63, 3.8) is 0 Å². The summed E-state index contributed by atoms with van der Waals surface area (Å²) in [5.74, 6) is 1.56. The summed E-state index contributed by atoms with van der Waals surface area (Å²) in [6.45, 7) is 5.52. The van der Waals surface area contributed by atoms with Gasteiger partial charge in [-0.2, -0.15) is 0 Å². The summed E-state index contributed by atoms with van der Waals surface area (Å²) in [7, 11) is 5.80. The SMILES string of the molecule is CNCCCOc1cc(C(C)=O)cc(OCCCNC)c1CCCNC. The fraction of sp³-hybridized carbons (Fsp3) is 0.650. The van der Waals surface area contributed by atoms with Gasteiger partial charge < -0.3 is 25.4 Å². The molecule has 1 rings (SSSR count). The van der Waals surface area contributed by atoms with E-state index >= 15 is 0 Å². The highest BCUT2D eigenvalue weighted by Crippen LogP contribution is 2.32. The van der Waals surface area contributed by atoms with Crippen molar-refractivity contribution in [1.29, 1.82) is 0 Å². The predicted octanol–water partition coefficient (Wildman–Crippen LogP) is 2.02. The van der Waals surface area contributed by atoms with E-state index in [1.165, 1.54) is 0 Å². The molecule has 0 aliphatic rings. The molecular weight excluding hydrogens is 330 g/mol. The van der Waals surface area contributed by atoms with Crippen LogP contribution in [0.25, 0.3) is 0 Å². The molecule has 6 heteroatoms. The van der Waals surface area contributed by atoms with Crippen molar-refractivity contribution in [3.8, 4) is 11.5 Å². The van der Waals surface area contributed by atoms with Gasteiger partial charge in [-0.15, -0.1) is 0 Å². The number of nitrogens with one attached hydrogen (secondary N) is 3. The van der Waals surface area contributed by atoms with E-state index in [4.69, 9.17) is 9.47 Å². The highest BCUT2D eigenvalue weighted by molar-refractivity contribution is 5.95. The van der Waals surface area contributed by atoms with Crippen molar-refractivity contribution in [2.45, 2.75) is 32.6 Å². The molecule has 0 aromatic heterocycles. The minimum atomic E-state index is 0.0203. The number of hydrogen-bond acceptors (Lipinski definition) is 6. The van der Waals surface area contributed by atoms with Crippen LogP contribution in [0.2, 0.25) is 0 Å². The Labute approximate surface area is 158 Å². The molecule has 0 aliphatic heterocycles. The van der Waals surface area contributed by atoms with E-state index in [0.29, 0.717) is 18.8 Å². The normalized spacial score (nSPS) is 10.8. The Kier molecular flexibility index (Phi) is 11.7. The van der Waals surface area contributed by atoms with Gasteiger partial charge in [0.1, 0.15) is 11.5 Å². The van der Waals surface area contributed by atoms with Crippen LogP contribution >= 0.6 is 0 Å². The van der Waals surface area contributed by atoms with Gasteiger partial charge in [0.05, 0.1) is 13.2 Å². The summed E-state index contributed by atoms with van der Waals surface area (Å²) in [4.78, 5) is 11.9. The Hall–Kier alpha value is -1.63. The Morgan fingerprint density at radius 1 is 0.846 bits per heavy atom. The summed E-state index contributed by atoms with van der Waals surface area (Å²) in [6.07, 6.45) is 3.65. The second kappa shape index (κ2) is 13.6. The van der Waals surface area contributed by atoms with Crippen LogP contribution in [-0.2, 0) is 6.42 Å². The zero-order valence-electron chi connectivity index (χ0n) is 16.7. The molecule has 0 amide bonds. The Balaban J connectivity index is 3.01. The van der Waals surface area contributed by atoms with Crippen molar-refractivity contribution in [2.24, 2.45) is 0 Å². The van der Waals surface area contributed by atoms with Crippen molar-refractivity contribution in [1.82, 2.24) is 16.0 Å². The fourth-order valence-electron chi connectivity index (χ4n) is 2.63. The van der Waals surface area contributed by atoms with Crippen LogP contribution in [0.3, 0.4) is 0 Å². The Morgan fingerprint density at radius 2 is 1.31 bits per heavy atom. The number of Topliss-reactive ketones (excluding diaryl/α,β-unsaturated/α-hetero) is 1. The summed E-state index contributed by atoms with van der Waals surface area (Å²) >= 11 is 0. The third-order valence-electron chi connectivity index (χ3n) is 4.09. The molecule has 6 nitrogen and oxygen atoms in total. The summed E-state index contributed by atoms with van der Waals surface area (Å²) < 4.78 is 12.0. The molecule has 1 aromatic carbocycles. The highest BCUT2D eigenvalue weighted by atomic mass is 16.5. The van der Waals surface area contributed by atoms with Gasteiger partial charge >= 0.3 is 0 Å². The molecule has 0 heterocycles. The lowest BCUT2D eigenvalue weighted by Gasteiger charge is -2.18. The van der Waals surface area contributed by atoms with Gasteiger partial charge in [0.15, 0.2) is 5.78 Å². The molecule has 0 radical (unpaired) electrons. The smallest absolute Gasteiger partial charge is 0.160 e. The van der Waals surface area contributed by atoms with Crippen LogP contribution in [0.4, 0.5) is 0 Å². The highest BCUT2D eigenvalue weighted by Gasteiger charge is 2.15. The lowest BCUT2D eigenvalue weighted by Crippen LogP contribution is -2.14. The van der Waals surface area contributed by atoms with Gasteiger partial charge in [-0.05, 0) is 85.5 Å². The van der Waals surface area contributed by atoms with Gasteiger partial charge in [-0.25, -0.2) is 0 Å². The molecule has 0 saturated heterocycles. The number of hydrogen-bond donors (Lipinski definition) is 3. The number of ether oxygens (including phenoxy) is 2. The lowest BCUT2D eigenvalue weighted by atomic mass is 10.0. The number of ketones is 1. The van der Waals surface area contributed by atoms with E-state index in [1.807, 2.05) is 33.3 Å². The molecule has 0 bridgehead atoms. The van der Waals surface area contributed by atoms with E-state index in [2.05, 4.69) is 16.0 Å². The molecule has 0 spiro atoms. The van der Waals surface area contributed by atoms with E-state index < -0.39 is 0 Å². The molecule has 1 aromatic rings. The number of carbonyl (C=O) groups is 1. The molecule has 0 unspecified atom stereocenters. The summed E-state index contributed by atoms with van der Waals surface area (Å²) in [5.41, 5.74) is 1.69. The molecule has 0 atom stereocenters. The number of rotatable bonds is 15. The van der Waals surface area contributed by atoms with Gasteiger partial charge in [0.2, 0.25) is 0 Å². The summed E-state index contributed by atoms with van der Waals surface area (Å²) in [6, 6.07) is 3.72. The molecule has 148 valence electrons. The van der Waals surface area contributed by atoms with Crippen molar-refractivity contribution >= 4 is 5.78 Å². The van der Waals surface area contributed by atoms with E-state index in [0.717, 1.165) is 62.4 Å². The predicted molar refractivity (Wildman–Crippen MR) is 107 cm³/mol. The average molecular weight is 366 g/mol. The van der Waals surface area contributed by atoms with E-state index in [1.54, 1.807) is 6.92 Å². The van der Waals surface area contributed by atoms with Gasteiger partial charge in [0.25, 0.3) is 0 Å². The van der Waals surface area contributed by atoms with Gasteiger partial charge in [-0.3, -0.25) is 4.79 Å². The second-order valence-electron chi connectivity index (χ2n) is 6.33. The zero-order chi connectivity index (χ0) is 19.2. The standard InChI is InChI=1S/C20H35N3O3/c1-16(24)17-14-19(25-12-6-10-22-3)18(8-5-9-21-2)20(15-17)26-13-7-11-23-4/h14-15,21-23H,5-13H2,1-4H3. The Morgan fingerprint density at radius 3 is 1.73 bits per heavy atom. The van der Waals surface area contributed by atoms with E-state index in [9.17, 15) is 4.79 Å². The third-order valence-corrected chi connectivity index (χ3v) is 4.09. The zero-order valence-corrected chi connectivity index (χ0v) is 16.7. The molecule has 26 heavy (non-hydrogen) atoms. The van der Waals surface area contributed by atoms with Crippen LogP contribution in [0.1, 0.15) is 42.1 Å². The van der Waals surface area contributed by atoms with Crippen LogP contribution < -0.4 is 25.4 Å². The third kappa shape index (κ3) is 8.17. The average Bonchev–Trinajstić information content (AvgIpc) is 2.63. The molecule has 0 aliphatic carbocycles. The van der Waals surface area contributed by atoms with Crippen LogP contribution in [-0.4, -0.2) is 59.8 Å². The monoisotopic (exact) mass is 365 g/mol. The molecular formula is C20H35N3O3. The Bertz CT molecular complexity index is 502. The maximum absolute atomic E-state index is 11.9. The van der Waals surface area contributed by atoms with Crippen molar-refractivity contribution in [3.05, 3.63) is 23.3 Å². The lowest BCUT2D eigenvalue weighted by molar-refractivity contribution is 0.101. The van der Waals surface area contributed by atoms with E-state index in [-0.39, 0.29) is 5.78 Å². The van der Waals surface area contributed by atoms with Crippen LogP contribution in [0.15, 0.2) is 12.1 Å². The second-order valence-corrected chi connectivity index (χ2v) is 6.33. The first-order valence-corrected chi connectivity index (χ1v) is 9.51. The topological polar surface area (TPSA) is 71.6 Å². The number of carbonyl (C=O) groups excluding carboxylic acids is 1. The van der Waals surface area contributed by atoms with Crippen LogP contribution in [0.5, 0.6) is 11.5 Å². The van der Waals surface area contributed by atoms with Gasteiger partial charge in [-0.1, -0.05) is 0 Å². The largest absolute Gasteiger partial charge is 0.493 e. The van der Waals surface area contributed by atoms with Crippen molar-refractivity contribution in [2.75, 3.05) is 54.0 Å². The molecule has 3 N–H and O–H groups in total. The number of benzene rings is 1. The quantitative estimate of drug-likeness (QED) is 0.326. The maximum Gasteiger partial charge on any atom is 0.160 e. The molecule has 0 saturated carbocycles. The van der Waals surface area contributed by atoms with Gasteiger partial charge in [0, 0.05) is 11.1 Å².